The van der Waals surface area contributed by atoms with E-state index in [4.69, 9.17) is 0 Å². The molecule has 2 saturated heterocycles. The van der Waals surface area contributed by atoms with Crippen LogP contribution >= 0.6 is 0 Å². The molecule has 2 fully saturated rings. The van der Waals surface area contributed by atoms with E-state index < -0.39 is 10.2 Å². The van der Waals surface area contributed by atoms with E-state index in [1.807, 2.05) is 6.92 Å². The van der Waals surface area contributed by atoms with Gasteiger partial charge in [0.05, 0.1) is 0 Å². The summed E-state index contributed by atoms with van der Waals surface area (Å²) in [5, 5.41) is 3.54. The highest BCUT2D eigenvalue weighted by Gasteiger charge is 2.39. The van der Waals surface area contributed by atoms with Crippen molar-refractivity contribution in [3.8, 4) is 0 Å². The van der Waals surface area contributed by atoms with Crippen LogP contribution in [0.5, 0.6) is 0 Å². The summed E-state index contributed by atoms with van der Waals surface area (Å²) >= 11 is 0. The van der Waals surface area contributed by atoms with E-state index >= 15 is 0 Å². The summed E-state index contributed by atoms with van der Waals surface area (Å²) in [7, 11) is -1.79. The second-order valence-electron chi connectivity index (χ2n) is 5.08. The van der Waals surface area contributed by atoms with Gasteiger partial charge >= 0.3 is 0 Å². The maximum Gasteiger partial charge on any atom is 0.279 e. The van der Waals surface area contributed by atoms with Crippen molar-refractivity contribution in [2.45, 2.75) is 57.2 Å². The van der Waals surface area contributed by atoms with Gasteiger partial charge in [0.1, 0.15) is 0 Å². The van der Waals surface area contributed by atoms with Gasteiger partial charge in [-0.25, -0.2) is 4.72 Å². The second-order valence-corrected chi connectivity index (χ2v) is 6.91. The number of nitrogens with zero attached hydrogens (tertiary/aromatic N) is 1. The first-order valence-electron chi connectivity index (χ1n) is 6.53. The highest BCUT2D eigenvalue weighted by Crippen LogP contribution is 2.30. The first kappa shape index (κ1) is 13.3. The number of hydrogen-bond acceptors (Lipinski definition) is 3. The third kappa shape index (κ3) is 2.81. The summed E-state index contributed by atoms with van der Waals surface area (Å²) in [4.78, 5) is 0. The fourth-order valence-corrected chi connectivity index (χ4v) is 4.32. The van der Waals surface area contributed by atoms with Gasteiger partial charge in [-0.3, -0.25) is 0 Å². The molecule has 2 bridgehead atoms. The lowest BCUT2D eigenvalue weighted by Crippen LogP contribution is -2.52. The molecule has 0 aliphatic carbocycles. The van der Waals surface area contributed by atoms with Gasteiger partial charge in [0.2, 0.25) is 0 Å². The molecule has 0 aromatic rings. The molecule has 6 heteroatoms. The zero-order valence-electron chi connectivity index (χ0n) is 10.6. The Morgan fingerprint density at radius 2 is 1.88 bits per heavy atom. The zero-order chi connectivity index (χ0) is 12.5. The summed E-state index contributed by atoms with van der Waals surface area (Å²) in [6.45, 7) is 2.64. The standard InChI is InChI=1S/C11H23N3O2S/c1-3-6-14(17(15,16)12-2)11-7-9-4-5-10(8-11)13-9/h9-13H,3-8H2,1-2H3. The molecule has 2 atom stereocenters. The predicted molar refractivity (Wildman–Crippen MR) is 67.9 cm³/mol. The van der Waals surface area contributed by atoms with Crippen molar-refractivity contribution in [1.82, 2.24) is 14.3 Å². The Morgan fingerprint density at radius 3 is 2.35 bits per heavy atom. The SMILES string of the molecule is CCCN(C1CC2CCC(C1)N2)S(=O)(=O)NC. The molecular weight excluding hydrogens is 238 g/mol. The van der Waals surface area contributed by atoms with Crippen molar-refractivity contribution in [2.75, 3.05) is 13.6 Å². The van der Waals surface area contributed by atoms with Crippen LogP contribution in [0.1, 0.15) is 39.0 Å². The van der Waals surface area contributed by atoms with Crippen molar-refractivity contribution in [3.63, 3.8) is 0 Å². The van der Waals surface area contributed by atoms with Gasteiger partial charge in [-0.1, -0.05) is 6.92 Å². The van der Waals surface area contributed by atoms with Gasteiger partial charge in [-0.05, 0) is 32.1 Å². The highest BCUT2D eigenvalue weighted by atomic mass is 32.2. The Hall–Kier alpha value is -0.170. The van der Waals surface area contributed by atoms with E-state index in [1.165, 1.54) is 19.9 Å². The van der Waals surface area contributed by atoms with E-state index in [9.17, 15) is 8.42 Å². The number of piperidine rings is 1. The lowest BCUT2D eigenvalue weighted by atomic mass is 10.00. The van der Waals surface area contributed by atoms with E-state index in [0.29, 0.717) is 18.6 Å². The summed E-state index contributed by atoms with van der Waals surface area (Å²) in [5.74, 6) is 0. The fraction of sp³-hybridized carbons (Fsp3) is 1.00. The Morgan fingerprint density at radius 1 is 1.29 bits per heavy atom. The van der Waals surface area contributed by atoms with Crippen LogP contribution in [0.25, 0.3) is 0 Å². The summed E-state index contributed by atoms with van der Waals surface area (Å²) in [5.41, 5.74) is 0. The van der Waals surface area contributed by atoms with Crippen LogP contribution in [0.2, 0.25) is 0 Å². The minimum atomic E-state index is -3.29. The van der Waals surface area contributed by atoms with Crippen molar-refractivity contribution in [1.29, 1.82) is 0 Å². The fourth-order valence-electron chi connectivity index (χ4n) is 3.10. The van der Waals surface area contributed by atoms with E-state index in [1.54, 1.807) is 4.31 Å². The van der Waals surface area contributed by atoms with Gasteiger partial charge in [-0.2, -0.15) is 12.7 Å². The van der Waals surface area contributed by atoms with Gasteiger partial charge in [0.15, 0.2) is 0 Å². The van der Waals surface area contributed by atoms with Crippen LogP contribution in [0.3, 0.4) is 0 Å². The van der Waals surface area contributed by atoms with Crippen LogP contribution in [-0.2, 0) is 10.2 Å². The highest BCUT2D eigenvalue weighted by molar-refractivity contribution is 7.87. The molecule has 0 saturated carbocycles. The van der Waals surface area contributed by atoms with Gasteiger partial charge in [0, 0.05) is 31.7 Å². The molecule has 2 aliphatic heterocycles. The average Bonchev–Trinajstić information content (AvgIpc) is 2.65. The first-order valence-corrected chi connectivity index (χ1v) is 7.97. The Balaban J connectivity index is 2.11. The topological polar surface area (TPSA) is 61.4 Å². The second kappa shape index (κ2) is 5.22. The molecule has 100 valence electrons. The largest absolute Gasteiger partial charge is 0.311 e. The maximum absolute atomic E-state index is 12.0. The molecule has 17 heavy (non-hydrogen) atoms. The zero-order valence-corrected chi connectivity index (χ0v) is 11.5. The molecule has 2 aliphatic rings. The van der Waals surface area contributed by atoms with E-state index in [-0.39, 0.29) is 6.04 Å². The van der Waals surface area contributed by atoms with Crippen LogP contribution in [-0.4, -0.2) is 44.4 Å². The number of fused-ring (bicyclic) bond motifs is 2. The maximum atomic E-state index is 12.0. The molecular formula is C11H23N3O2S. The van der Waals surface area contributed by atoms with Crippen LogP contribution in [0.15, 0.2) is 0 Å². The first-order chi connectivity index (χ1) is 8.06. The van der Waals surface area contributed by atoms with Gasteiger partial charge < -0.3 is 5.32 Å². The molecule has 2 unspecified atom stereocenters. The predicted octanol–water partition coefficient (Wildman–Crippen LogP) is 0.446. The average molecular weight is 261 g/mol. The van der Waals surface area contributed by atoms with Crippen molar-refractivity contribution >= 4 is 10.2 Å². The minimum absolute atomic E-state index is 0.172. The lowest BCUT2D eigenvalue weighted by molar-refractivity contribution is 0.224. The quantitative estimate of drug-likeness (QED) is 0.755. The molecule has 0 amide bonds. The summed E-state index contributed by atoms with van der Waals surface area (Å²) in [6, 6.07) is 1.21. The molecule has 2 heterocycles. The normalized spacial score (nSPS) is 33.2. The third-order valence-electron chi connectivity index (χ3n) is 3.87. The van der Waals surface area contributed by atoms with Gasteiger partial charge in [0.25, 0.3) is 10.2 Å². The van der Waals surface area contributed by atoms with Crippen LogP contribution in [0, 0.1) is 0 Å². The molecule has 5 nitrogen and oxygen atoms in total. The Labute approximate surface area is 104 Å². The summed E-state index contributed by atoms with van der Waals surface area (Å²) < 4.78 is 28.2. The molecule has 2 N–H and O–H groups in total. The molecule has 2 rings (SSSR count). The Kier molecular flexibility index (Phi) is 4.07. The van der Waals surface area contributed by atoms with Crippen molar-refractivity contribution in [3.05, 3.63) is 0 Å². The third-order valence-corrected chi connectivity index (χ3v) is 5.48. The van der Waals surface area contributed by atoms with Crippen molar-refractivity contribution < 1.29 is 8.42 Å². The van der Waals surface area contributed by atoms with Gasteiger partial charge in [-0.15, -0.1) is 0 Å². The van der Waals surface area contributed by atoms with E-state index in [2.05, 4.69) is 10.0 Å². The molecule has 0 spiro atoms. The molecule has 0 radical (unpaired) electrons. The van der Waals surface area contributed by atoms with Crippen LogP contribution < -0.4 is 10.0 Å². The lowest BCUT2D eigenvalue weighted by Gasteiger charge is -2.36. The Bertz CT molecular complexity index is 346. The number of rotatable bonds is 5. The van der Waals surface area contributed by atoms with E-state index in [0.717, 1.165) is 19.3 Å². The molecule has 0 aromatic heterocycles. The number of nitrogens with one attached hydrogen (secondary N) is 2. The summed E-state index contributed by atoms with van der Waals surface area (Å²) in [6.07, 6.45) is 5.16. The minimum Gasteiger partial charge on any atom is -0.311 e. The molecule has 0 aromatic carbocycles. The van der Waals surface area contributed by atoms with Crippen LogP contribution in [0.4, 0.5) is 0 Å². The van der Waals surface area contributed by atoms with Crippen molar-refractivity contribution in [2.24, 2.45) is 0 Å². The number of hydrogen-bond donors (Lipinski definition) is 2. The monoisotopic (exact) mass is 261 g/mol. The smallest absolute Gasteiger partial charge is 0.279 e.